The first kappa shape index (κ1) is 20.4. The van der Waals surface area contributed by atoms with Crippen LogP contribution in [-0.2, 0) is 17.6 Å². The first-order chi connectivity index (χ1) is 15.1. The number of thiophene rings is 1. The maximum absolute atomic E-state index is 12.3. The number of ether oxygens (including phenoxy) is 2. The van der Waals surface area contributed by atoms with Crippen LogP contribution in [0, 0.1) is 5.92 Å². The summed E-state index contributed by atoms with van der Waals surface area (Å²) in [7, 11) is 0. The van der Waals surface area contributed by atoms with Gasteiger partial charge in [-0.1, -0.05) is 30.8 Å². The molecule has 1 aromatic carbocycles. The van der Waals surface area contributed by atoms with E-state index in [9.17, 15) is 4.79 Å². The first-order valence-corrected chi connectivity index (χ1v) is 12.2. The summed E-state index contributed by atoms with van der Waals surface area (Å²) in [5.74, 6) is 2.76. The Morgan fingerprint density at radius 1 is 1.32 bits per heavy atom. The lowest BCUT2D eigenvalue weighted by Gasteiger charge is -2.26. The Morgan fingerprint density at radius 3 is 3.03 bits per heavy atom. The van der Waals surface area contributed by atoms with E-state index >= 15 is 0 Å². The highest BCUT2D eigenvalue weighted by atomic mass is 32.2. The third-order valence-electron chi connectivity index (χ3n) is 5.59. The van der Waals surface area contributed by atoms with Crippen molar-refractivity contribution in [3.63, 3.8) is 0 Å². The fourth-order valence-electron chi connectivity index (χ4n) is 3.99. The number of nitrogens with zero attached hydrogens (tertiary/aromatic N) is 2. The molecule has 0 spiro atoms. The number of carbonyl (C=O) groups excluding carboxylic acids is 1. The Kier molecular flexibility index (Phi) is 5.62. The highest BCUT2D eigenvalue weighted by Gasteiger charge is 2.24. The topological polar surface area (TPSA) is 99.4 Å². The molecule has 0 bridgehead atoms. The van der Waals surface area contributed by atoms with Gasteiger partial charge in [-0.2, -0.15) is 0 Å². The third-order valence-corrected chi connectivity index (χ3v) is 7.58. The molecule has 31 heavy (non-hydrogen) atoms. The number of nitrogen functional groups attached to an aromatic ring is 1. The van der Waals surface area contributed by atoms with Gasteiger partial charge in [-0.05, 0) is 42.9 Å². The van der Waals surface area contributed by atoms with Crippen LogP contribution in [0.15, 0.2) is 29.4 Å². The molecule has 1 aliphatic carbocycles. The highest BCUT2D eigenvalue weighted by Crippen LogP contribution is 2.40. The van der Waals surface area contributed by atoms with Crippen molar-refractivity contribution < 1.29 is 14.3 Å². The number of benzene rings is 1. The monoisotopic (exact) mass is 456 g/mol. The smallest absolute Gasteiger partial charge is 0.230 e. The van der Waals surface area contributed by atoms with Crippen LogP contribution in [0.1, 0.15) is 23.8 Å². The molecular weight excluding hydrogens is 432 g/mol. The summed E-state index contributed by atoms with van der Waals surface area (Å²) in [5, 5.41) is 4.45. The molecule has 3 aromatic rings. The fraction of sp³-hybridized carbons (Fsp3) is 0.409. The molecule has 2 aliphatic rings. The summed E-state index contributed by atoms with van der Waals surface area (Å²) >= 11 is 3.01. The van der Waals surface area contributed by atoms with E-state index in [2.05, 4.69) is 22.2 Å². The molecular formula is C22H24N4O3S2. The number of hydrogen-bond donors (Lipinski definition) is 2. The van der Waals surface area contributed by atoms with Gasteiger partial charge in [0.2, 0.25) is 5.91 Å². The number of fused-ring (bicyclic) bond motifs is 4. The van der Waals surface area contributed by atoms with Gasteiger partial charge in [0.25, 0.3) is 0 Å². The molecule has 7 nitrogen and oxygen atoms in total. The van der Waals surface area contributed by atoms with Crippen LogP contribution in [0.2, 0.25) is 0 Å². The Balaban J connectivity index is 1.18. The molecule has 0 saturated carbocycles. The van der Waals surface area contributed by atoms with Crippen molar-refractivity contribution >= 4 is 45.0 Å². The fourth-order valence-corrected chi connectivity index (χ4v) is 6.12. The summed E-state index contributed by atoms with van der Waals surface area (Å²) in [5.41, 5.74) is 7.59. The van der Waals surface area contributed by atoms with Crippen LogP contribution >= 0.6 is 23.1 Å². The van der Waals surface area contributed by atoms with E-state index < -0.39 is 0 Å². The first-order valence-electron chi connectivity index (χ1n) is 10.4. The molecule has 0 unspecified atom stereocenters. The normalized spacial score (nSPS) is 19.8. The summed E-state index contributed by atoms with van der Waals surface area (Å²) in [4.78, 5) is 23.8. The van der Waals surface area contributed by atoms with E-state index in [1.165, 1.54) is 28.6 Å². The molecule has 0 saturated heterocycles. The van der Waals surface area contributed by atoms with Crippen molar-refractivity contribution in [3.8, 4) is 11.5 Å². The van der Waals surface area contributed by atoms with Crippen LogP contribution in [-0.4, -0.2) is 40.9 Å². The predicted octanol–water partition coefficient (Wildman–Crippen LogP) is 3.45. The molecule has 2 atom stereocenters. The van der Waals surface area contributed by atoms with Crippen molar-refractivity contribution in [3.05, 3.63) is 34.7 Å². The van der Waals surface area contributed by atoms with Gasteiger partial charge in [0.05, 0.1) is 17.7 Å². The lowest BCUT2D eigenvalue weighted by Crippen LogP contribution is -2.41. The van der Waals surface area contributed by atoms with Crippen molar-refractivity contribution in [2.45, 2.75) is 37.4 Å². The number of rotatable bonds is 5. The average molecular weight is 457 g/mol. The Morgan fingerprint density at radius 2 is 2.16 bits per heavy atom. The number of anilines is 1. The summed E-state index contributed by atoms with van der Waals surface area (Å²) in [6.45, 7) is 3.07. The summed E-state index contributed by atoms with van der Waals surface area (Å²) in [6, 6.07) is 7.53. The molecule has 1 aliphatic heterocycles. The molecule has 0 fully saturated rings. The third kappa shape index (κ3) is 4.29. The maximum Gasteiger partial charge on any atom is 0.230 e. The number of carbonyl (C=O) groups is 1. The van der Waals surface area contributed by atoms with Gasteiger partial charge in [0, 0.05) is 4.88 Å². The summed E-state index contributed by atoms with van der Waals surface area (Å²) in [6.07, 6.45) is 3.08. The Bertz CT molecular complexity index is 1130. The van der Waals surface area contributed by atoms with Gasteiger partial charge in [-0.25, -0.2) is 9.97 Å². The standard InChI is InChI=1S/C22H24N4O3S2/c1-12-6-7-14-17(8-12)31-21-19(14)20(23)25-22(26-21)30-11-18(27)24-9-13-10-28-15-4-2-3-5-16(15)29-13/h2-5,12-13H,6-11H2,1H3,(H,24,27)(H2,23,25,26)/t12-,13-/m0/s1. The number of thioether (sulfide) groups is 1. The van der Waals surface area contributed by atoms with Gasteiger partial charge in [0.15, 0.2) is 16.7 Å². The number of aryl methyl sites for hydroxylation is 1. The highest BCUT2D eigenvalue weighted by molar-refractivity contribution is 7.99. The Hall–Kier alpha value is -2.52. The maximum atomic E-state index is 12.3. The van der Waals surface area contributed by atoms with Crippen LogP contribution in [0.5, 0.6) is 11.5 Å². The number of amides is 1. The lowest BCUT2D eigenvalue weighted by molar-refractivity contribution is -0.119. The second kappa shape index (κ2) is 8.55. The largest absolute Gasteiger partial charge is 0.486 e. The number of nitrogens with two attached hydrogens (primary N) is 1. The van der Waals surface area contributed by atoms with Gasteiger partial charge in [0.1, 0.15) is 23.4 Å². The quantitative estimate of drug-likeness (QED) is 0.448. The van der Waals surface area contributed by atoms with Crippen LogP contribution < -0.4 is 20.5 Å². The second-order valence-corrected chi connectivity index (χ2v) is 10.0. The minimum Gasteiger partial charge on any atom is -0.486 e. The van der Waals surface area contributed by atoms with E-state index in [0.29, 0.717) is 35.8 Å². The van der Waals surface area contributed by atoms with Crippen LogP contribution in [0.25, 0.3) is 10.2 Å². The molecule has 2 aromatic heterocycles. The van der Waals surface area contributed by atoms with Crippen molar-refractivity contribution in [2.24, 2.45) is 5.92 Å². The van der Waals surface area contributed by atoms with E-state index in [1.54, 1.807) is 11.3 Å². The molecule has 3 N–H and O–H groups in total. The van der Waals surface area contributed by atoms with E-state index in [-0.39, 0.29) is 17.8 Å². The number of nitrogens with one attached hydrogen (secondary N) is 1. The van der Waals surface area contributed by atoms with E-state index in [0.717, 1.165) is 28.8 Å². The van der Waals surface area contributed by atoms with Gasteiger partial charge in [-0.15, -0.1) is 11.3 Å². The minimum atomic E-state index is -0.216. The van der Waals surface area contributed by atoms with Crippen LogP contribution in [0.3, 0.4) is 0 Å². The molecule has 3 heterocycles. The molecule has 162 valence electrons. The number of hydrogen-bond acceptors (Lipinski definition) is 8. The summed E-state index contributed by atoms with van der Waals surface area (Å²) < 4.78 is 11.5. The average Bonchev–Trinajstić information content (AvgIpc) is 3.14. The van der Waals surface area contributed by atoms with E-state index in [1.807, 2.05) is 24.3 Å². The zero-order valence-corrected chi connectivity index (χ0v) is 18.9. The van der Waals surface area contributed by atoms with Gasteiger partial charge in [-0.3, -0.25) is 4.79 Å². The van der Waals surface area contributed by atoms with E-state index in [4.69, 9.17) is 15.2 Å². The Labute approximate surface area is 188 Å². The van der Waals surface area contributed by atoms with Crippen molar-refractivity contribution in [1.29, 1.82) is 0 Å². The molecule has 0 radical (unpaired) electrons. The minimum absolute atomic E-state index is 0.103. The zero-order chi connectivity index (χ0) is 21.4. The molecule has 5 rings (SSSR count). The SMILES string of the molecule is C[C@H]1CCc2c(sc3nc(SCC(=O)NC[C@H]4COc5ccccc5O4)nc(N)c23)C1. The second-order valence-electron chi connectivity index (χ2n) is 8.01. The van der Waals surface area contributed by atoms with Crippen LogP contribution in [0.4, 0.5) is 5.82 Å². The zero-order valence-electron chi connectivity index (χ0n) is 17.2. The van der Waals surface area contributed by atoms with Gasteiger partial charge < -0.3 is 20.5 Å². The van der Waals surface area contributed by atoms with Crippen molar-refractivity contribution in [1.82, 2.24) is 15.3 Å². The predicted molar refractivity (Wildman–Crippen MR) is 123 cm³/mol. The molecule has 1 amide bonds. The van der Waals surface area contributed by atoms with Crippen molar-refractivity contribution in [2.75, 3.05) is 24.6 Å². The lowest BCUT2D eigenvalue weighted by atomic mass is 9.89. The van der Waals surface area contributed by atoms with Gasteiger partial charge >= 0.3 is 0 Å². The molecule has 9 heteroatoms. The number of aromatic nitrogens is 2. The number of para-hydroxylation sites is 2.